The number of esters is 1. The van der Waals surface area contributed by atoms with Gasteiger partial charge in [-0.1, -0.05) is 19.3 Å². The van der Waals surface area contributed by atoms with E-state index in [0.29, 0.717) is 12.8 Å². The molecule has 0 aromatic carbocycles. The van der Waals surface area contributed by atoms with E-state index in [9.17, 15) is 9.59 Å². The van der Waals surface area contributed by atoms with Crippen LogP contribution < -0.4 is 5.32 Å². The summed E-state index contributed by atoms with van der Waals surface area (Å²) < 4.78 is 5.47. The van der Waals surface area contributed by atoms with Gasteiger partial charge in [-0.3, -0.25) is 14.9 Å². The molecule has 0 bridgehead atoms. The Labute approximate surface area is 114 Å². The summed E-state index contributed by atoms with van der Waals surface area (Å²) in [7, 11) is 0. The molecule has 0 aromatic heterocycles. The third-order valence-corrected chi connectivity index (χ3v) is 3.36. The van der Waals surface area contributed by atoms with Crippen LogP contribution in [-0.2, 0) is 14.3 Å². The maximum Gasteiger partial charge on any atom is 0.326 e. The lowest BCUT2D eigenvalue weighted by Gasteiger charge is -2.39. The molecule has 19 heavy (non-hydrogen) atoms. The van der Waals surface area contributed by atoms with Gasteiger partial charge in [-0.25, -0.2) is 0 Å². The number of carboxylic acids is 1. The zero-order valence-electron chi connectivity index (χ0n) is 12.3. The van der Waals surface area contributed by atoms with E-state index in [0.717, 1.165) is 19.3 Å². The normalized spacial score (nSPS) is 20.6. The van der Waals surface area contributed by atoms with Gasteiger partial charge in [0, 0.05) is 0 Å². The third kappa shape index (κ3) is 4.49. The molecule has 0 aliphatic heterocycles. The van der Waals surface area contributed by atoms with E-state index in [1.165, 1.54) is 0 Å². The van der Waals surface area contributed by atoms with Crippen LogP contribution in [-0.4, -0.2) is 34.2 Å². The van der Waals surface area contributed by atoms with Crippen LogP contribution in [0.3, 0.4) is 0 Å². The molecule has 0 amide bonds. The maximum atomic E-state index is 12.4. The zero-order chi connectivity index (χ0) is 14.7. The fourth-order valence-corrected chi connectivity index (χ4v) is 2.41. The third-order valence-electron chi connectivity index (χ3n) is 3.36. The maximum absolute atomic E-state index is 12.4. The first-order valence-electron chi connectivity index (χ1n) is 6.90. The lowest BCUT2D eigenvalue weighted by Crippen LogP contribution is -2.59. The number of carbonyl (C=O) groups is 2. The minimum absolute atomic E-state index is 0.326. The van der Waals surface area contributed by atoms with Crippen molar-refractivity contribution in [1.82, 2.24) is 5.32 Å². The van der Waals surface area contributed by atoms with Crippen LogP contribution in [0, 0.1) is 0 Å². The first kappa shape index (κ1) is 16.0. The van der Waals surface area contributed by atoms with Crippen molar-refractivity contribution in [2.75, 3.05) is 0 Å². The number of aliphatic carboxylic acids is 1. The summed E-state index contributed by atoms with van der Waals surface area (Å²) in [4.78, 5) is 23.4. The highest BCUT2D eigenvalue weighted by Gasteiger charge is 2.44. The highest BCUT2D eigenvalue weighted by Crippen LogP contribution is 2.31. The second-order valence-electron chi connectivity index (χ2n) is 6.35. The summed E-state index contributed by atoms with van der Waals surface area (Å²) in [5, 5.41) is 12.0. The molecule has 1 saturated carbocycles. The number of hydrogen-bond acceptors (Lipinski definition) is 4. The lowest BCUT2D eigenvalue weighted by atomic mass is 9.81. The van der Waals surface area contributed by atoms with Crippen molar-refractivity contribution in [1.29, 1.82) is 0 Å². The van der Waals surface area contributed by atoms with E-state index >= 15 is 0 Å². The molecule has 0 spiro atoms. The van der Waals surface area contributed by atoms with Gasteiger partial charge in [0.15, 0.2) is 0 Å². The lowest BCUT2D eigenvalue weighted by molar-refractivity contribution is -0.165. The van der Waals surface area contributed by atoms with Crippen molar-refractivity contribution < 1.29 is 19.4 Å². The Hall–Kier alpha value is -1.10. The Bertz CT molecular complexity index is 340. The molecule has 5 heteroatoms. The second-order valence-corrected chi connectivity index (χ2v) is 6.35. The van der Waals surface area contributed by atoms with Gasteiger partial charge in [-0.15, -0.1) is 0 Å². The van der Waals surface area contributed by atoms with Crippen LogP contribution in [0.25, 0.3) is 0 Å². The fourth-order valence-electron chi connectivity index (χ4n) is 2.41. The largest absolute Gasteiger partial charge is 0.480 e. The Kier molecular flexibility index (Phi) is 4.96. The van der Waals surface area contributed by atoms with Crippen molar-refractivity contribution in [2.24, 2.45) is 0 Å². The summed E-state index contributed by atoms with van der Waals surface area (Å²) in [6.07, 6.45) is 4.18. The molecule has 1 atom stereocenters. The molecule has 110 valence electrons. The summed E-state index contributed by atoms with van der Waals surface area (Å²) in [5.41, 5.74) is -1.40. The van der Waals surface area contributed by atoms with Crippen molar-refractivity contribution >= 4 is 11.9 Å². The average molecular weight is 271 g/mol. The van der Waals surface area contributed by atoms with Gasteiger partial charge in [-0.2, -0.15) is 0 Å². The first-order valence-corrected chi connectivity index (χ1v) is 6.90. The molecule has 1 aliphatic carbocycles. The van der Waals surface area contributed by atoms with E-state index in [1.54, 1.807) is 6.92 Å². The van der Waals surface area contributed by atoms with Crippen LogP contribution in [0.1, 0.15) is 59.8 Å². The zero-order valence-corrected chi connectivity index (χ0v) is 12.3. The molecule has 1 fully saturated rings. The van der Waals surface area contributed by atoms with E-state index in [4.69, 9.17) is 9.84 Å². The van der Waals surface area contributed by atoms with Crippen LogP contribution >= 0.6 is 0 Å². The molecular weight excluding hydrogens is 246 g/mol. The monoisotopic (exact) mass is 271 g/mol. The first-order chi connectivity index (χ1) is 8.66. The Morgan fingerprint density at radius 2 is 1.74 bits per heavy atom. The van der Waals surface area contributed by atoms with Gasteiger partial charge in [0.1, 0.15) is 17.2 Å². The predicted octanol–water partition coefficient (Wildman–Crippen LogP) is 2.09. The molecule has 0 saturated heterocycles. The molecule has 0 heterocycles. The minimum atomic E-state index is -0.950. The van der Waals surface area contributed by atoms with Crippen LogP contribution in [0.15, 0.2) is 0 Å². The Morgan fingerprint density at radius 3 is 2.16 bits per heavy atom. The van der Waals surface area contributed by atoms with Crippen LogP contribution in [0.5, 0.6) is 0 Å². The number of hydrogen-bond donors (Lipinski definition) is 2. The van der Waals surface area contributed by atoms with Gasteiger partial charge in [0.05, 0.1) is 0 Å². The highest BCUT2D eigenvalue weighted by atomic mass is 16.6. The van der Waals surface area contributed by atoms with Crippen molar-refractivity contribution in [2.45, 2.75) is 77.0 Å². The average Bonchev–Trinajstić information content (AvgIpc) is 2.27. The smallest absolute Gasteiger partial charge is 0.326 e. The second kappa shape index (κ2) is 5.90. The highest BCUT2D eigenvalue weighted by molar-refractivity contribution is 5.83. The Morgan fingerprint density at radius 1 is 1.21 bits per heavy atom. The van der Waals surface area contributed by atoms with E-state index in [-0.39, 0.29) is 5.97 Å². The molecule has 1 aliphatic rings. The number of carboxylic acid groups (broad SMARTS) is 1. The number of ether oxygens (including phenoxy) is 1. The number of rotatable bonds is 4. The fraction of sp³-hybridized carbons (Fsp3) is 0.857. The van der Waals surface area contributed by atoms with Crippen molar-refractivity contribution in [3.8, 4) is 0 Å². The van der Waals surface area contributed by atoms with E-state index in [1.807, 2.05) is 20.8 Å². The molecular formula is C14H25NO4. The molecule has 2 N–H and O–H groups in total. The quantitative estimate of drug-likeness (QED) is 0.766. The van der Waals surface area contributed by atoms with Crippen molar-refractivity contribution in [3.63, 3.8) is 0 Å². The summed E-state index contributed by atoms with van der Waals surface area (Å²) in [6, 6.07) is -0.759. The SMILES string of the molecule is C[C@H](NC1(C(=O)OC(C)(C)C)CCCCC1)C(=O)O. The van der Waals surface area contributed by atoms with Gasteiger partial charge in [-0.05, 0) is 40.5 Å². The van der Waals surface area contributed by atoms with Gasteiger partial charge in [0.25, 0.3) is 0 Å². The summed E-state index contributed by atoms with van der Waals surface area (Å²) in [6.45, 7) is 7.02. The molecule has 0 aromatic rings. The Balaban J connectivity index is 2.86. The van der Waals surface area contributed by atoms with Crippen molar-refractivity contribution in [3.05, 3.63) is 0 Å². The van der Waals surface area contributed by atoms with Crippen LogP contribution in [0.4, 0.5) is 0 Å². The summed E-state index contributed by atoms with van der Waals surface area (Å²) in [5.74, 6) is -1.28. The minimum Gasteiger partial charge on any atom is -0.480 e. The molecule has 5 nitrogen and oxygen atoms in total. The van der Waals surface area contributed by atoms with Gasteiger partial charge >= 0.3 is 11.9 Å². The van der Waals surface area contributed by atoms with Gasteiger partial charge in [0.2, 0.25) is 0 Å². The van der Waals surface area contributed by atoms with Gasteiger partial charge < -0.3 is 9.84 Å². The number of carbonyl (C=O) groups excluding carboxylic acids is 1. The topological polar surface area (TPSA) is 75.6 Å². The van der Waals surface area contributed by atoms with E-state index < -0.39 is 23.2 Å². The molecule has 1 rings (SSSR count). The van der Waals surface area contributed by atoms with Crippen LogP contribution in [0.2, 0.25) is 0 Å². The summed E-state index contributed by atoms with van der Waals surface area (Å²) >= 11 is 0. The molecule has 0 unspecified atom stereocenters. The standard InChI is InChI=1S/C14H25NO4/c1-10(11(16)17)15-14(8-6-5-7-9-14)12(18)19-13(2,3)4/h10,15H,5-9H2,1-4H3,(H,16,17)/t10-/m0/s1. The van der Waals surface area contributed by atoms with E-state index in [2.05, 4.69) is 5.32 Å². The molecule has 0 radical (unpaired) electrons. The predicted molar refractivity (Wildman–Crippen MR) is 71.9 cm³/mol. The number of nitrogens with one attached hydrogen (secondary N) is 1.